The van der Waals surface area contributed by atoms with Crippen molar-refractivity contribution >= 4 is 74.7 Å². The number of halogens is 2. The summed E-state index contributed by atoms with van der Waals surface area (Å²) in [6.07, 6.45) is -2.88. The molecule has 0 bridgehead atoms. The van der Waals surface area contributed by atoms with Crippen LogP contribution in [0.3, 0.4) is 0 Å². The third-order valence-electron chi connectivity index (χ3n) is 7.13. The summed E-state index contributed by atoms with van der Waals surface area (Å²) in [6, 6.07) is 61.7. The molecule has 6 aromatic carbocycles. The first-order valence-electron chi connectivity index (χ1n) is 13.9. The Morgan fingerprint density at radius 2 is 0.674 bits per heavy atom. The molecule has 0 fully saturated rings. The molecule has 0 amide bonds. The molecule has 0 aliphatic carbocycles. The Morgan fingerprint density at radius 3 is 1.00 bits per heavy atom. The van der Waals surface area contributed by atoms with Crippen molar-refractivity contribution in [3.8, 4) is 0 Å². The predicted octanol–water partition coefficient (Wildman–Crippen LogP) is 9.50. The normalized spacial score (nSPS) is 12.0. The molecule has 7 heteroatoms. The number of hydrogen-bond acceptors (Lipinski definition) is 1. The first kappa shape index (κ1) is 29.8. The lowest BCUT2D eigenvalue weighted by atomic mass is 10.4. The molecule has 0 aliphatic rings. The van der Waals surface area contributed by atoms with E-state index in [1.807, 2.05) is 84.9 Å². The van der Waals surface area contributed by atoms with Gasteiger partial charge in [-0.25, -0.2) is 4.52 Å². The van der Waals surface area contributed by atoms with Crippen LogP contribution in [0.1, 0.15) is 0 Å². The third-order valence-corrected chi connectivity index (χ3v) is 20.7. The molecule has 0 radical (unpaired) electrons. The van der Waals surface area contributed by atoms with Crippen LogP contribution in [-0.2, 0) is 0 Å². The van der Waals surface area contributed by atoms with Crippen LogP contribution in [0.2, 0.25) is 0 Å². The lowest BCUT2D eigenvalue weighted by Gasteiger charge is -2.28. The molecule has 0 N–H and O–H groups in total. The fourth-order valence-corrected chi connectivity index (χ4v) is 19.1. The highest BCUT2D eigenvalue weighted by Crippen LogP contribution is 2.74. The summed E-state index contributed by atoms with van der Waals surface area (Å²) in [5.41, 5.74) is 0. The second kappa shape index (κ2) is 13.2. The van der Waals surface area contributed by atoms with Crippen molar-refractivity contribution in [2.24, 2.45) is 9.03 Å². The lowest BCUT2D eigenvalue weighted by Crippen LogP contribution is -2.21. The summed E-state index contributed by atoms with van der Waals surface area (Å²) < 4.78 is 11.8. The molecule has 0 unspecified atom stereocenters. The maximum absolute atomic E-state index is 7.98. The minimum atomic E-state index is -3.02. The Hall–Kier alpha value is -3.21. The van der Waals surface area contributed by atoms with Gasteiger partial charge in [0.05, 0.1) is 0 Å². The zero-order chi connectivity index (χ0) is 29.6. The smallest absolute Gasteiger partial charge is 0.226 e. The summed E-state index contributed by atoms with van der Waals surface area (Å²) in [6.45, 7) is -2.88. The maximum atomic E-state index is 7.98. The van der Waals surface area contributed by atoms with Gasteiger partial charge in [0.15, 0.2) is 7.21 Å². The highest BCUT2D eigenvalue weighted by atomic mass is 35.7. The molecular formula is C36H30Cl2N2P3+. The zero-order valence-corrected chi connectivity index (χ0v) is 27.5. The molecule has 0 saturated heterocycles. The van der Waals surface area contributed by atoms with E-state index in [9.17, 15) is 0 Å². The van der Waals surface area contributed by atoms with Gasteiger partial charge in [-0.05, 0) is 24.3 Å². The second-order valence-corrected chi connectivity index (χ2v) is 20.8. The molecule has 6 aromatic rings. The topological polar surface area (TPSA) is 24.7 Å². The minimum Gasteiger partial charge on any atom is -0.226 e. The quantitative estimate of drug-likeness (QED) is 0.146. The van der Waals surface area contributed by atoms with E-state index in [2.05, 4.69) is 97.1 Å². The van der Waals surface area contributed by atoms with Crippen LogP contribution in [0.4, 0.5) is 0 Å². The van der Waals surface area contributed by atoms with Crippen molar-refractivity contribution < 1.29 is 0 Å². The number of nitrogens with zero attached hydrogens (tertiary/aromatic N) is 2. The Morgan fingerprint density at radius 1 is 0.395 bits per heavy atom. The number of hydrogen-bond donors (Lipinski definition) is 0. The fraction of sp³-hybridized carbons (Fsp3) is 0. The fourth-order valence-electron chi connectivity index (χ4n) is 5.01. The molecule has 0 aliphatic heterocycles. The summed E-state index contributed by atoms with van der Waals surface area (Å²) in [5, 5.41) is 5.93. The van der Waals surface area contributed by atoms with Gasteiger partial charge in [-0.3, -0.25) is 0 Å². The molecule has 43 heavy (non-hydrogen) atoms. The van der Waals surface area contributed by atoms with Crippen LogP contribution in [0.15, 0.2) is 191 Å². The van der Waals surface area contributed by atoms with Crippen molar-refractivity contribution in [3.63, 3.8) is 0 Å². The first-order chi connectivity index (χ1) is 21.0. The Bertz CT molecular complexity index is 1760. The minimum absolute atomic E-state index is 0.979. The summed E-state index contributed by atoms with van der Waals surface area (Å²) in [7, 11) is -3.02. The van der Waals surface area contributed by atoms with Gasteiger partial charge in [0, 0.05) is 21.2 Å². The van der Waals surface area contributed by atoms with Crippen molar-refractivity contribution in [2.45, 2.75) is 0 Å². The van der Waals surface area contributed by atoms with Gasteiger partial charge >= 0.3 is 0 Å². The monoisotopic (exact) mass is 653 g/mol. The molecule has 0 saturated carbocycles. The largest absolute Gasteiger partial charge is 0.295 e. The van der Waals surface area contributed by atoms with E-state index in [1.54, 1.807) is 0 Å². The number of rotatable bonds is 8. The van der Waals surface area contributed by atoms with E-state index in [4.69, 9.17) is 31.5 Å². The SMILES string of the molecule is ClP(=NP(=N[P+](Cl)(c1ccccc1)c1ccccc1)(c1ccccc1)c1ccccc1)(c1ccccc1)c1ccccc1. The van der Waals surface area contributed by atoms with Crippen LogP contribution in [-0.4, -0.2) is 0 Å². The zero-order valence-electron chi connectivity index (χ0n) is 23.3. The van der Waals surface area contributed by atoms with Gasteiger partial charge in [0.2, 0.25) is 0 Å². The van der Waals surface area contributed by atoms with E-state index in [-0.39, 0.29) is 0 Å². The molecular weight excluding hydrogens is 624 g/mol. The van der Waals surface area contributed by atoms with Crippen LogP contribution in [0.25, 0.3) is 0 Å². The molecule has 0 atom stereocenters. The van der Waals surface area contributed by atoms with Crippen LogP contribution < -0.4 is 31.8 Å². The Balaban J connectivity index is 1.84. The summed E-state index contributed by atoms with van der Waals surface area (Å²) in [4.78, 5) is 0. The van der Waals surface area contributed by atoms with Crippen LogP contribution in [0.5, 0.6) is 0 Å². The Labute approximate surface area is 264 Å². The highest BCUT2D eigenvalue weighted by Gasteiger charge is 2.47. The molecule has 2 nitrogen and oxygen atoms in total. The van der Waals surface area contributed by atoms with Crippen molar-refractivity contribution in [1.82, 2.24) is 0 Å². The van der Waals surface area contributed by atoms with Crippen LogP contribution in [0, 0.1) is 0 Å². The lowest BCUT2D eigenvalue weighted by molar-refractivity contribution is 1.68. The average molecular weight is 654 g/mol. The van der Waals surface area contributed by atoms with Crippen LogP contribution >= 0.6 is 42.9 Å². The third kappa shape index (κ3) is 6.10. The summed E-state index contributed by atoms with van der Waals surface area (Å²) >= 11 is 16.0. The molecule has 0 spiro atoms. The van der Waals surface area contributed by atoms with E-state index < -0.39 is 20.4 Å². The van der Waals surface area contributed by atoms with Gasteiger partial charge in [-0.1, -0.05) is 173 Å². The first-order valence-corrected chi connectivity index (χ1v) is 20.9. The molecule has 0 heterocycles. The average Bonchev–Trinajstić information content (AvgIpc) is 3.10. The van der Waals surface area contributed by atoms with E-state index in [0.717, 1.165) is 31.8 Å². The molecule has 212 valence electrons. The molecule has 6 rings (SSSR count). The van der Waals surface area contributed by atoms with Gasteiger partial charge in [-0.15, -0.1) is 0 Å². The van der Waals surface area contributed by atoms with Gasteiger partial charge in [0.1, 0.15) is 28.3 Å². The van der Waals surface area contributed by atoms with Gasteiger partial charge in [0.25, 0.3) is 6.77 Å². The molecule has 0 aromatic heterocycles. The van der Waals surface area contributed by atoms with Crippen molar-refractivity contribution in [3.05, 3.63) is 182 Å². The van der Waals surface area contributed by atoms with Crippen molar-refractivity contribution in [2.75, 3.05) is 0 Å². The van der Waals surface area contributed by atoms with Gasteiger partial charge < -0.3 is 0 Å². The Kier molecular flexibility index (Phi) is 9.16. The maximum Gasteiger partial charge on any atom is 0.295 e. The van der Waals surface area contributed by atoms with Crippen molar-refractivity contribution in [1.29, 1.82) is 0 Å². The standard InChI is InChI=1S/C36H30Cl2N2P3/c37-41(31-19-7-1-8-20-31,32-21-9-2-10-22-32)39-43(35-27-15-5-16-28-35,36-29-17-6-18-30-36)40-42(38,33-23-11-3-12-24-33)34-25-13-4-14-26-34/h1-30H/q+1. The van der Waals surface area contributed by atoms with E-state index >= 15 is 0 Å². The predicted molar refractivity (Wildman–Crippen MR) is 194 cm³/mol. The number of benzene rings is 6. The van der Waals surface area contributed by atoms with Gasteiger partial charge in [-0.2, -0.15) is 0 Å². The second-order valence-electron chi connectivity index (χ2n) is 9.91. The highest BCUT2D eigenvalue weighted by molar-refractivity contribution is 8.12. The summed E-state index contributed by atoms with van der Waals surface area (Å²) in [5.74, 6) is 0. The van der Waals surface area contributed by atoms with E-state index in [0.29, 0.717) is 0 Å². The van der Waals surface area contributed by atoms with E-state index in [1.165, 1.54) is 0 Å².